The zero-order valence-corrected chi connectivity index (χ0v) is 12.4. The first kappa shape index (κ1) is 14.4. The summed E-state index contributed by atoms with van der Waals surface area (Å²) in [5.41, 5.74) is 2.78. The molecule has 0 bridgehead atoms. The molecule has 1 unspecified atom stereocenters. The Kier molecular flexibility index (Phi) is 5.23. The maximum atomic E-state index is 5.45. The minimum atomic E-state index is 0.404. The van der Waals surface area contributed by atoms with E-state index in [2.05, 4.69) is 48.3 Å². The van der Waals surface area contributed by atoms with Crippen LogP contribution in [0.15, 0.2) is 24.3 Å². The minimum absolute atomic E-state index is 0.404. The molecule has 3 heteroatoms. The maximum absolute atomic E-state index is 5.45. The third-order valence-electron chi connectivity index (χ3n) is 4.03. The number of anilines is 1. The molecule has 1 N–H and O–H groups in total. The van der Waals surface area contributed by atoms with Crippen LogP contribution in [-0.4, -0.2) is 32.8 Å². The van der Waals surface area contributed by atoms with Crippen LogP contribution in [0.3, 0.4) is 0 Å². The van der Waals surface area contributed by atoms with Crippen LogP contribution in [0.4, 0.5) is 5.69 Å². The zero-order chi connectivity index (χ0) is 13.7. The predicted molar refractivity (Wildman–Crippen MR) is 80.8 cm³/mol. The molecule has 0 amide bonds. The van der Waals surface area contributed by atoms with Gasteiger partial charge in [-0.3, -0.25) is 0 Å². The number of hydrogen-bond donors (Lipinski definition) is 1. The van der Waals surface area contributed by atoms with E-state index in [1.807, 2.05) is 7.11 Å². The highest BCUT2D eigenvalue weighted by Crippen LogP contribution is 2.28. The molecule has 0 radical (unpaired) electrons. The van der Waals surface area contributed by atoms with E-state index in [9.17, 15) is 0 Å². The van der Waals surface area contributed by atoms with Crippen LogP contribution >= 0.6 is 0 Å². The van der Waals surface area contributed by atoms with E-state index in [4.69, 9.17) is 4.74 Å². The van der Waals surface area contributed by atoms with Gasteiger partial charge in [0.1, 0.15) is 0 Å². The predicted octanol–water partition coefficient (Wildman–Crippen LogP) is 2.97. The van der Waals surface area contributed by atoms with E-state index in [-0.39, 0.29) is 0 Å². The Morgan fingerprint density at radius 1 is 1.32 bits per heavy atom. The number of para-hydroxylation sites is 1. The number of ether oxygens (including phenoxy) is 1. The van der Waals surface area contributed by atoms with Crippen LogP contribution in [0.2, 0.25) is 0 Å². The highest BCUT2D eigenvalue weighted by atomic mass is 16.5. The SMILES string of the molecule is CCNC(C)c1ccccc1N1CCC(OC)CC1. The lowest BCUT2D eigenvalue weighted by molar-refractivity contribution is 0.0819. The molecule has 0 saturated carbocycles. The van der Waals surface area contributed by atoms with Crippen LogP contribution in [0.1, 0.15) is 38.3 Å². The van der Waals surface area contributed by atoms with Crippen molar-refractivity contribution < 1.29 is 4.74 Å². The number of rotatable bonds is 5. The van der Waals surface area contributed by atoms with Gasteiger partial charge in [0.05, 0.1) is 6.10 Å². The standard InChI is InChI=1S/C16H26N2O/c1-4-17-13(2)15-7-5-6-8-16(15)18-11-9-14(19-3)10-12-18/h5-8,13-14,17H,4,9-12H2,1-3H3. The second-order valence-electron chi connectivity index (χ2n) is 5.26. The van der Waals surface area contributed by atoms with Gasteiger partial charge in [0.2, 0.25) is 0 Å². The van der Waals surface area contributed by atoms with E-state index >= 15 is 0 Å². The molecule has 2 rings (SSSR count). The van der Waals surface area contributed by atoms with E-state index in [1.54, 1.807) is 0 Å². The van der Waals surface area contributed by atoms with Gasteiger partial charge in [0.25, 0.3) is 0 Å². The molecule has 1 saturated heterocycles. The van der Waals surface area contributed by atoms with Crippen LogP contribution in [0.25, 0.3) is 0 Å². The zero-order valence-electron chi connectivity index (χ0n) is 12.4. The minimum Gasteiger partial charge on any atom is -0.381 e. The van der Waals surface area contributed by atoms with Crippen molar-refractivity contribution in [3.8, 4) is 0 Å². The van der Waals surface area contributed by atoms with Crippen molar-refractivity contribution in [2.45, 2.75) is 38.8 Å². The fourth-order valence-electron chi connectivity index (χ4n) is 2.89. The Morgan fingerprint density at radius 3 is 2.63 bits per heavy atom. The molecule has 1 aromatic rings. The van der Waals surface area contributed by atoms with Gasteiger partial charge >= 0.3 is 0 Å². The van der Waals surface area contributed by atoms with Gasteiger partial charge < -0.3 is 15.0 Å². The van der Waals surface area contributed by atoms with Gasteiger partial charge in [-0.05, 0) is 37.9 Å². The van der Waals surface area contributed by atoms with Crippen molar-refractivity contribution in [2.24, 2.45) is 0 Å². The Hall–Kier alpha value is -1.06. The number of benzene rings is 1. The van der Waals surface area contributed by atoms with Crippen LogP contribution in [0.5, 0.6) is 0 Å². The lowest BCUT2D eigenvalue weighted by Gasteiger charge is -2.35. The summed E-state index contributed by atoms with van der Waals surface area (Å²) in [5.74, 6) is 0. The summed E-state index contributed by atoms with van der Waals surface area (Å²) in [4.78, 5) is 2.50. The second-order valence-corrected chi connectivity index (χ2v) is 5.26. The molecule has 1 aliphatic heterocycles. The summed E-state index contributed by atoms with van der Waals surface area (Å²) in [7, 11) is 1.82. The molecular formula is C16H26N2O. The van der Waals surface area contributed by atoms with Crippen LogP contribution in [0, 0.1) is 0 Å². The Bertz CT molecular complexity index is 386. The van der Waals surface area contributed by atoms with Gasteiger partial charge in [-0.1, -0.05) is 25.1 Å². The molecule has 106 valence electrons. The topological polar surface area (TPSA) is 24.5 Å². The summed E-state index contributed by atoms with van der Waals surface area (Å²) in [6.07, 6.45) is 2.69. The number of hydrogen-bond acceptors (Lipinski definition) is 3. The van der Waals surface area contributed by atoms with Crippen molar-refractivity contribution in [2.75, 3.05) is 31.6 Å². The molecule has 0 spiro atoms. The first-order valence-electron chi connectivity index (χ1n) is 7.36. The fraction of sp³-hybridized carbons (Fsp3) is 0.625. The van der Waals surface area contributed by atoms with Crippen LogP contribution in [-0.2, 0) is 4.74 Å². The summed E-state index contributed by atoms with van der Waals surface area (Å²) >= 11 is 0. The van der Waals surface area contributed by atoms with E-state index in [0.717, 1.165) is 32.5 Å². The highest BCUT2D eigenvalue weighted by molar-refractivity contribution is 5.55. The maximum Gasteiger partial charge on any atom is 0.0605 e. The van der Waals surface area contributed by atoms with Crippen LogP contribution < -0.4 is 10.2 Å². The average Bonchev–Trinajstić information content (AvgIpc) is 2.47. The van der Waals surface area contributed by atoms with Crippen molar-refractivity contribution in [1.82, 2.24) is 5.32 Å². The lowest BCUT2D eigenvalue weighted by Crippen LogP contribution is -2.37. The Morgan fingerprint density at radius 2 is 2.00 bits per heavy atom. The molecule has 1 heterocycles. The Labute approximate surface area is 116 Å². The third kappa shape index (κ3) is 3.48. The summed E-state index contributed by atoms with van der Waals surface area (Å²) in [5, 5.41) is 3.51. The van der Waals surface area contributed by atoms with Gasteiger partial charge in [0.15, 0.2) is 0 Å². The van der Waals surface area contributed by atoms with Crippen molar-refractivity contribution in [3.05, 3.63) is 29.8 Å². The monoisotopic (exact) mass is 262 g/mol. The molecule has 1 aliphatic rings. The quantitative estimate of drug-likeness (QED) is 0.883. The Balaban J connectivity index is 2.11. The molecular weight excluding hydrogens is 236 g/mol. The molecule has 3 nitrogen and oxygen atoms in total. The first-order chi connectivity index (χ1) is 9.26. The highest BCUT2D eigenvalue weighted by Gasteiger charge is 2.21. The molecule has 1 aromatic carbocycles. The number of nitrogens with one attached hydrogen (secondary N) is 1. The van der Waals surface area contributed by atoms with Gasteiger partial charge in [-0.25, -0.2) is 0 Å². The largest absolute Gasteiger partial charge is 0.381 e. The van der Waals surface area contributed by atoms with E-state index < -0.39 is 0 Å². The third-order valence-corrected chi connectivity index (χ3v) is 4.03. The van der Waals surface area contributed by atoms with E-state index in [0.29, 0.717) is 12.1 Å². The van der Waals surface area contributed by atoms with Crippen molar-refractivity contribution in [3.63, 3.8) is 0 Å². The van der Waals surface area contributed by atoms with Crippen molar-refractivity contribution >= 4 is 5.69 Å². The van der Waals surface area contributed by atoms with Gasteiger partial charge in [-0.2, -0.15) is 0 Å². The van der Waals surface area contributed by atoms with Gasteiger partial charge in [-0.15, -0.1) is 0 Å². The smallest absolute Gasteiger partial charge is 0.0605 e. The van der Waals surface area contributed by atoms with Crippen molar-refractivity contribution in [1.29, 1.82) is 0 Å². The molecule has 0 aromatic heterocycles. The summed E-state index contributed by atoms with van der Waals surface area (Å²) < 4.78 is 5.45. The summed E-state index contributed by atoms with van der Waals surface area (Å²) in [6, 6.07) is 9.16. The molecule has 1 atom stereocenters. The first-order valence-corrected chi connectivity index (χ1v) is 7.36. The lowest BCUT2D eigenvalue weighted by atomic mass is 10.0. The normalized spacial score (nSPS) is 18.6. The summed E-state index contributed by atoms with van der Waals surface area (Å²) in [6.45, 7) is 7.58. The number of methoxy groups -OCH3 is 1. The molecule has 1 fully saturated rings. The molecule has 0 aliphatic carbocycles. The molecule has 19 heavy (non-hydrogen) atoms. The second kappa shape index (κ2) is 6.92. The van der Waals surface area contributed by atoms with E-state index in [1.165, 1.54) is 11.3 Å². The average molecular weight is 262 g/mol. The van der Waals surface area contributed by atoms with Gasteiger partial charge in [0, 0.05) is 31.9 Å². The number of nitrogens with zero attached hydrogens (tertiary/aromatic N) is 1. The fourth-order valence-corrected chi connectivity index (χ4v) is 2.89. The number of piperidine rings is 1.